The molecule has 1 saturated carbocycles. The molecule has 0 atom stereocenters. The van der Waals surface area contributed by atoms with E-state index in [0.29, 0.717) is 12.5 Å². The number of guanidine groups is 1. The van der Waals surface area contributed by atoms with Crippen molar-refractivity contribution < 1.29 is 9.84 Å². The Labute approximate surface area is 130 Å². The fraction of sp³-hybridized carbons (Fsp3) is 0.462. The summed E-state index contributed by atoms with van der Waals surface area (Å²) in [7, 11) is 1.62. The van der Waals surface area contributed by atoms with Crippen molar-refractivity contribution in [1.29, 1.82) is 0 Å². The van der Waals surface area contributed by atoms with Crippen LogP contribution in [-0.2, 0) is 0 Å². The van der Waals surface area contributed by atoms with Gasteiger partial charge >= 0.3 is 0 Å². The zero-order valence-electron chi connectivity index (χ0n) is 10.9. The lowest BCUT2D eigenvalue weighted by atomic mass is 9.80. The molecule has 1 aromatic rings. The van der Waals surface area contributed by atoms with Crippen LogP contribution >= 0.6 is 24.0 Å². The van der Waals surface area contributed by atoms with Gasteiger partial charge in [-0.3, -0.25) is 4.99 Å². The number of hydrogen-bond donors (Lipinski definition) is 3. The molecule has 5 nitrogen and oxygen atoms in total. The summed E-state index contributed by atoms with van der Waals surface area (Å²) in [5.74, 6) is 1.11. The van der Waals surface area contributed by atoms with Crippen LogP contribution in [-0.4, -0.2) is 30.3 Å². The zero-order valence-corrected chi connectivity index (χ0v) is 13.3. The van der Waals surface area contributed by atoms with Crippen LogP contribution in [0.5, 0.6) is 5.75 Å². The second kappa shape index (κ2) is 6.95. The first-order chi connectivity index (χ1) is 8.61. The minimum absolute atomic E-state index is 0. The molecule has 0 saturated heterocycles. The van der Waals surface area contributed by atoms with Crippen LogP contribution in [0, 0.1) is 0 Å². The lowest BCUT2D eigenvalue weighted by Crippen LogP contribution is -2.41. The Morgan fingerprint density at radius 2 is 2.05 bits per heavy atom. The summed E-state index contributed by atoms with van der Waals surface area (Å²) in [4.78, 5) is 4.16. The Bertz CT molecular complexity index is 430. The summed E-state index contributed by atoms with van der Waals surface area (Å²) >= 11 is 0. The lowest BCUT2D eigenvalue weighted by Gasteiger charge is -2.34. The third kappa shape index (κ3) is 4.54. The fourth-order valence-corrected chi connectivity index (χ4v) is 1.84. The first kappa shape index (κ1) is 16.0. The molecule has 0 spiro atoms. The number of ether oxygens (including phenoxy) is 1. The maximum atomic E-state index is 9.89. The smallest absolute Gasteiger partial charge is 0.193 e. The highest BCUT2D eigenvalue weighted by Crippen LogP contribution is 2.31. The van der Waals surface area contributed by atoms with E-state index in [1.165, 1.54) is 0 Å². The van der Waals surface area contributed by atoms with Gasteiger partial charge in [-0.15, -0.1) is 24.0 Å². The predicted molar refractivity (Wildman–Crippen MR) is 87.3 cm³/mol. The van der Waals surface area contributed by atoms with Gasteiger partial charge in [-0.25, -0.2) is 0 Å². The summed E-state index contributed by atoms with van der Waals surface area (Å²) in [5.41, 5.74) is 5.97. The minimum Gasteiger partial charge on any atom is -0.497 e. The largest absolute Gasteiger partial charge is 0.497 e. The number of aliphatic hydroxyl groups is 1. The molecule has 0 heterocycles. The Kier molecular flexibility index (Phi) is 5.86. The van der Waals surface area contributed by atoms with E-state index in [9.17, 15) is 5.11 Å². The molecule has 1 fully saturated rings. The van der Waals surface area contributed by atoms with Crippen molar-refractivity contribution in [2.24, 2.45) is 10.7 Å². The molecular formula is C13H20IN3O2. The Hall–Kier alpha value is -1.02. The Morgan fingerprint density at radius 3 is 2.53 bits per heavy atom. The van der Waals surface area contributed by atoms with Gasteiger partial charge in [0, 0.05) is 5.69 Å². The minimum atomic E-state index is -0.633. The zero-order chi connectivity index (χ0) is 13.0. The number of nitrogens with two attached hydrogens (primary N) is 1. The van der Waals surface area contributed by atoms with Crippen molar-refractivity contribution in [3.63, 3.8) is 0 Å². The highest BCUT2D eigenvalue weighted by Gasteiger charge is 2.33. The normalized spacial score (nSPS) is 17.1. The van der Waals surface area contributed by atoms with Crippen LogP contribution in [0.25, 0.3) is 0 Å². The molecule has 0 radical (unpaired) electrons. The number of nitrogens with one attached hydrogen (secondary N) is 1. The van der Waals surface area contributed by atoms with E-state index >= 15 is 0 Å². The molecule has 0 unspecified atom stereocenters. The molecule has 0 aliphatic heterocycles. The van der Waals surface area contributed by atoms with E-state index < -0.39 is 5.60 Å². The van der Waals surface area contributed by atoms with Crippen LogP contribution in [0.2, 0.25) is 0 Å². The number of rotatable bonds is 4. The van der Waals surface area contributed by atoms with Gasteiger partial charge in [0.2, 0.25) is 0 Å². The quantitative estimate of drug-likeness (QED) is 0.426. The Balaban J connectivity index is 0.00000180. The van der Waals surface area contributed by atoms with Crippen molar-refractivity contribution in [3.8, 4) is 5.75 Å². The van der Waals surface area contributed by atoms with Crippen molar-refractivity contribution in [2.45, 2.75) is 24.9 Å². The van der Waals surface area contributed by atoms with E-state index in [1.807, 2.05) is 24.3 Å². The van der Waals surface area contributed by atoms with Crippen molar-refractivity contribution in [1.82, 2.24) is 0 Å². The standard InChI is InChI=1S/C13H19N3O2.HI/c1-18-11-5-3-10(4-6-11)16-12(14)15-9-13(17)7-2-8-13;/h3-6,17H,2,7-9H2,1H3,(H3,14,15,16);1H. The van der Waals surface area contributed by atoms with Gasteiger partial charge in [-0.05, 0) is 43.5 Å². The number of methoxy groups -OCH3 is 1. The van der Waals surface area contributed by atoms with Crippen molar-refractivity contribution >= 4 is 35.6 Å². The lowest BCUT2D eigenvalue weighted by molar-refractivity contribution is -0.0235. The monoisotopic (exact) mass is 377 g/mol. The maximum absolute atomic E-state index is 9.89. The highest BCUT2D eigenvalue weighted by molar-refractivity contribution is 14.0. The average molecular weight is 377 g/mol. The van der Waals surface area contributed by atoms with E-state index in [2.05, 4.69) is 10.3 Å². The van der Waals surface area contributed by atoms with Gasteiger partial charge in [-0.1, -0.05) is 0 Å². The topological polar surface area (TPSA) is 79.9 Å². The third-order valence-corrected chi connectivity index (χ3v) is 3.19. The van der Waals surface area contributed by atoms with Gasteiger partial charge < -0.3 is 20.9 Å². The maximum Gasteiger partial charge on any atom is 0.193 e. The first-order valence-electron chi connectivity index (χ1n) is 6.05. The van der Waals surface area contributed by atoms with Crippen LogP contribution in [0.4, 0.5) is 5.69 Å². The van der Waals surface area contributed by atoms with Crippen molar-refractivity contribution in [2.75, 3.05) is 19.0 Å². The molecule has 1 aliphatic rings. The average Bonchev–Trinajstić information content (AvgIpc) is 2.35. The van der Waals surface area contributed by atoms with Gasteiger partial charge in [-0.2, -0.15) is 0 Å². The molecule has 0 bridgehead atoms. The third-order valence-electron chi connectivity index (χ3n) is 3.19. The molecule has 4 N–H and O–H groups in total. The summed E-state index contributed by atoms with van der Waals surface area (Å²) < 4.78 is 5.07. The highest BCUT2D eigenvalue weighted by atomic mass is 127. The van der Waals surface area contributed by atoms with Crippen LogP contribution in [0.1, 0.15) is 19.3 Å². The summed E-state index contributed by atoms with van der Waals surface area (Å²) in [5, 5.41) is 12.9. The predicted octanol–water partition coefficient (Wildman–Crippen LogP) is 1.95. The molecule has 0 aromatic heterocycles. The molecule has 106 valence electrons. The first-order valence-corrected chi connectivity index (χ1v) is 6.05. The summed E-state index contributed by atoms with van der Waals surface area (Å²) in [6.45, 7) is 0.363. The molecule has 2 rings (SSSR count). The van der Waals surface area contributed by atoms with Gasteiger partial charge in [0.05, 0.1) is 19.3 Å². The van der Waals surface area contributed by atoms with E-state index in [0.717, 1.165) is 30.7 Å². The van der Waals surface area contributed by atoms with Gasteiger partial charge in [0.25, 0.3) is 0 Å². The summed E-state index contributed by atoms with van der Waals surface area (Å²) in [6.07, 6.45) is 2.69. The van der Waals surface area contributed by atoms with Crippen LogP contribution in [0.3, 0.4) is 0 Å². The SMILES string of the molecule is COc1ccc(NC(N)=NCC2(O)CCC2)cc1.I. The molecule has 0 amide bonds. The van der Waals surface area contributed by atoms with Crippen LogP contribution < -0.4 is 15.8 Å². The molecular weight excluding hydrogens is 357 g/mol. The number of nitrogens with zero attached hydrogens (tertiary/aromatic N) is 1. The molecule has 19 heavy (non-hydrogen) atoms. The van der Waals surface area contributed by atoms with E-state index in [1.54, 1.807) is 7.11 Å². The van der Waals surface area contributed by atoms with Crippen molar-refractivity contribution in [3.05, 3.63) is 24.3 Å². The Morgan fingerprint density at radius 1 is 1.42 bits per heavy atom. The second-order valence-electron chi connectivity index (χ2n) is 4.63. The molecule has 6 heteroatoms. The van der Waals surface area contributed by atoms with Gasteiger partial charge in [0.1, 0.15) is 5.75 Å². The number of hydrogen-bond acceptors (Lipinski definition) is 3. The summed E-state index contributed by atoms with van der Waals surface area (Å²) in [6, 6.07) is 7.41. The number of aliphatic imine (C=N–C) groups is 1. The van der Waals surface area contributed by atoms with E-state index in [4.69, 9.17) is 10.5 Å². The molecule has 1 aromatic carbocycles. The fourth-order valence-electron chi connectivity index (χ4n) is 1.84. The van der Waals surface area contributed by atoms with Crippen LogP contribution in [0.15, 0.2) is 29.3 Å². The second-order valence-corrected chi connectivity index (χ2v) is 4.63. The van der Waals surface area contributed by atoms with E-state index in [-0.39, 0.29) is 24.0 Å². The number of benzene rings is 1. The number of anilines is 1. The number of halogens is 1. The van der Waals surface area contributed by atoms with Gasteiger partial charge in [0.15, 0.2) is 5.96 Å². The molecule has 1 aliphatic carbocycles.